The van der Waals surface area contributed by atoms with Crippen molar-refractivity contribution < 1.29 is 4.79 Å². The molecule has 2 N–H and O–H groups in total. The fraction of sp³-hybridized carbons (Fsp3) is 0.348. The first-order valence-electron chi connectivity index (χ1n) is 9.94. The van der Waals surface area contributed by atoms with E-state index in [2.05, 4.69) is 37.9 Å². The second-order valence-corrected chi connectivity index (χ2v) is 10.5. The molecule has 0 amide bonds. The molecule has 2 aliphatic rings. The lowest BCUT2D eigenvalue weighted by molar-refractivity contribution is -0.118. The standard InChI is InChI=1S/C23H24N4OS2/c1-4-29-18-7-9-30-21(18)19-15(12-24)22(25)27(14-6-5-8-26-13-14)16-10-23(2,3)11-17(28)20(16)19/h5-9,13,19H,4,10-11,25H2,1-3H3/t19-/m0/s1. The zero-order chi connectivity index (χ0) is 21.5. The number of Topliss-reactive ketones (excluding diaryl/α,β-unsaturated/α-hetero) is 1. The molecule has 1 atom stereocenters. The molecule has 154 valence electrons. The highest BCUT2D eigenvalue weighted by atomic mass is 32.2. The number of nitrogens with zero attached hydrogens (tertiary/aromatic N) is 3. The number of aromatic nitrogens is 1. The highest BCUT2D eigenvalue weighted by Crippen LogP contribution is 2.52. The third kappa shape index (κ3) is 3.44. The maximum atomic E-state index is 13.5. The molecule has 1 aliphatic heterocycles. The molecule has 0 unspecified atom stereocenters. The molecule has 0 fully saturated rings. The van der Waals surface area contributed by atoms with E-state index in [4.69, 9.17) is 5.73 Å². The van der Waals surface area contributed by atoms with Gasteiger partial charge in [0.1, 0.15) is 5.82 Å². The van der Waals surface area contributed by atoms with Crippen LogP contribution in [0.2, 0.25) is 0 Å². The van der Waals surface area contributed by atoms with Crippen LogP contribution in [-0.2, 0) is 4.79 Å². The van der Waals surface area contributed by atoms with E-state index in [-0.39, 0.29) is 11.2 Å². The number of thioether (sulfide) groups is 1. The van der Waals surface area contributed by atoms with Crippen molar-refractivity contribution in [3.05, 3.63) is 63.5 Å². The van der Waals surface area contributed by atoms with Crippen molar-refractivity contribution in [2.24, 2.45) is 11.1 Å². The first kappa shape index (κ1) is 20.7. The predicted octanol–water partition coefficient (Wildman–Crippen LogP) is 5.20. The fourth-order valence-electron chi connectivity index (χ4n) is 4.35. The molecule has 0 aromatic carbocycles. The van der Waals surface area contributed by atoms with E-state index < -0.39 is 5.92 Å². The third-order valence-electron chi connectivity index (χ3n) is 5.50. The van der Waals surface area contributed by atoms with Gasteiger partial charge >= 0.3 is 0 Å². The summed E-state index contributed by atoms with van der Waals surface area (Å²) in [4.78, 5) is 21.7. The van der Waals surface area contributed by atoms with Gasteiger partial charge in [-0.1, -0.05) is 20.8 Å². The number of thiophene rings is 1. The largest absolute Gasteiger partial charge is 0.384 e. The molecule has 0 radical (unpaired) electrons. The Labute approximate surface area is 185 Å². The Balaban J connectivity index is 1.99. The average molecular weight is 437 g/mol. The second-order valence-electron chi connectivity index (χ2n) is 8.27. The average Bonchev–Trinajstić information content (AvgIpc) is 3.15. The Hall–Kier alpha value is -2.56. The van der Waals surface area contributed by atoms with Gasteiger partial charge in [-0.2, -0.15) is 5.26 Å². The lowest BCUT2D eigenvalue weighted by atomic mass is 9.69. The van der Waals surface area contributed by atoms with Crippen LogP contribution in [-0.4, -0.2) is 16.5 Å². The molecule has 0 saturated carbocycles. The van der Waals surface area contributed by atoms with Gasteiger partial charge in [-0.3, -0.25) is 14.7 Å². The zero-order valence-corrected chi connectivity index (χ0v) is 18.9. The van der Waals surface area contributed by atoms with Crippen LogP contribution in [0.5, 0.6) is 0 Å². The number of anilines is 1. The SMILES string of the molecule is CCSc1ccsc1[C@H]1C(C#N)=C(N)N(c2cccnc2)C2=C1C(=O)CC(C)(C)C2. The third-order valence-corrected chi connectivity index (χ3v) is 7.57. The Morgan fingerprint density at radius 1 is 1.40 bits per heavy atom. The van der Waals surface area contributed by atoms with Crippen LogP contribution >= 0.6 is 23.1 Å². The summed E-state index contributed by atoms with van der Waals surface area (Å²) in [5.41, 5.74) is 9.27. The molecular weight excluding hydrogens is 412 g/mol. The maximum absolute atomic E-state index is 13.5. The van der Waals surface area contributed by atoms with Crippen molar-refractivity contribution in [3.8, 4) is 6.07 Å². The van der Waals surface area contributed by atoms with Gasteiger partial charge in [0, 0.05) is 33.7 Å². The van der Waals surface area contributed by atoms with Crippen LogP contribution in [0.4, 0.5) is 5.69 Å². The number of pyridine rings is 1. The highest BCUT2D eigenvalue weighted by Gasteiger charge is 2.45. The second kappa shape index (κ2) is 7.93. The van der Waals surface area contributed by atoms with Crippen molar-refractivity contribution in [2.45, 2.75) is 44.4 Å². The molecule has 0 spiro atoms. The molecule has 1 aliphatic carbocycles. The van der Waals surface area contributed by atoms with Crippen molar-refractivity contribution in [1.29, 1.82) is 5.26 Å². The monoisotopic (exact) mass is 436 g/mol. The van der Waals surface area contributed by atoms with E-state index in [0.717, 1.165) is 26.9 Å². The van der Waals surface area contributed by atoms with Crippen LogP contribution in [0.25, 0.3) is 0 Å². The Kier molecular flexibility index (Phi) is 5.48. The molecule has 0 bridgehead atoms. The van der Waals surface area contributed by atoms with E-state index in [1.165, 1.54) is 0 Å². The number of carbonyl (C=O) groups excluding carboxylic acids is 1. The quantitative estimate of drug-likeness (QED) is 0.664. The van der Waals surface area contributed by atoms with Crippen molar-refractivity contribution in [3.63, 3.8) is 0 Å². The number of nitriles is 1. The fourth-order valence-corrected chi connectivity index (χ4v) is 6.40. The molecule has 7 heteroatoms. The number of nitrogens with two attached hydrogens (primary N) is 1. The van der Waals surface area contributed by atoms with Crippen molar-refractivity contribution >= 4 is 34.6 Å². The summed E-state index contributed by atoms with van der Waals surface area (Å²) in [6.07, 6.45) is 4.60. The number of allylic oxidation sites excluding steroid dienone is 3. The van der Waals surface area contributed by atoms with Gasteiger partial charge in [0.2, 0.25) is 0 Å². The summed E-state index contributed by atoms with van der Waals surface area (Å²) in [5, 5.41) is 12.2. The minimum Gasteiger partial charge on any atom is -0.384 e. The van der Waals surface area contributed by atoms with Crippen LogP contribution in [0.3, 0.4) is 0 Å². The smallest absolute Gasteiger partial charge is 0.162 e. The van der Waals surface area contributed by atoms with Crippen LogP contribution in [0.15, 0.2) is 63.5 Å². The highest BCUT2D eigenvalue weighted by molar-refractivity contribution is 7.99. The van der Waals surface area contributed by atoms with Crippen molar-refractivity contribution in [1.82, 2.24) is 4.98 Å². The number of carbonyl (C=O) groups is 1. The van der Waals surface area contributed by atoms with Gasteiger partial charge in [-0.05, 0) is 41.2 Å². The summed E-state index contributed by atoms with van der Waals surface area (Å²) in [5.74, 6) is 1.00. The van der Waals surface area contributed by atoms with Gasteiger partial charge in [0.05, 0.1) is 29.4 Å². The molecule has 0 saturated heterocycles. The molecule has 2 aromatic rings. The van der Waals surface area contributed by atoms with Gasteiger partial charge < -0.3 is 5.73 Å². The lowest BCUT2D eigenvalue weighted by Gasteiger charge is -2.43. The van der Waals surface area contributed by atoms with E-state index in [9.17, 15) is 10.1 Å². The number of hydrogen-bond acceptors (Lipinski definition) is 7. The minimum absolute atomic E-state index is 0.0984. The number of rotatable bonds is 4. The summed E-state index contributed by atoms with van der Waals surface area (Å²) in [6, 6.07) is 8.16. The Morgan fingerprint density at radius 3 is 2.87 bits per heavy atom. The molecular formula is C23H24N4OS2. The van der Waals surface area contributed by atoms with Crippen molar-refractivity contribution in [2.75, 3.05) is 10.7 Å². The van der Waals surface area contributed by atoms with E-state index >= 15 is 0 Å². The molecule has 4 rings (SSSR count). The molecule has 5 nitrogen and oxygen atoms in total. The Morgan fingerprint density at radius 2 is 2.20 bits per heavy atom. The normalized spacial score (nSPS) is 20.9. The van der Waals surface area contributed by atoms with Gasteiger partial charge in [0.15, 0.2) is 5.78 Å². The topological polar surface area (TPSA) is 83.0 Å². The minimum atomic E-state index is -0.407. The number of ketones is 1. The van der Waals surface area contributed by atoms with E-state index in [0.29, 0.717) is 29.8 Å². The first-order chi connectivity index (χ1) is 14.4. The molecule has 30 heavy (non-hydrogen) atoms. The first-order valence-corrected chi connectivity index (χ1v) is 11.8. The maximum Gasteiger partial charge on any atom is 0.162 e. The number of hydrogen-bond donors (Lipinski definition) is 1. The van der Waals surface area contributed by atoms with Crippen LogP contribution in [0, 0.1) is 16.7 Å². The summed E-state index contributed by atoms with van der Waals surface area (Å²) in [6.45, 7) is 6.31. The van der Waals surface area contributed by atoms with Crippen LogP contribution in [0.1, 0.15) is 44.4 Å². The molecule has 2 aromatic heterocycles. The predicted molar refractivity (Wildman–Crippen MR) is 122 cm³/mol. The summed E-state index contributed by atoms with van der Waals surface area (Å²) >= 11 is 3.33. The van der Waals surface area contributed by atoms with Gasteiger partial charge in [0.25, 0.3) is 0 Å². The Bertz CT molecular complexity index is 1090. The summed E-state index contributed by atoms with van der Waals surface area (Å²) in [7, 11) is 0. The molecule has 3 heterocycles. The van der Waals surface area contributed by atoms with E-state index in [1.54, 1.807) is 35.5 Å². The van der Waals surface area contributed by atoms with Crippen LogP contribution < -0.4 is 10.6 Å². The van der Waals surface area contributed by atoms with E-state index in [1.807, 2.05) is 22.4 Å². The zero-order valence-electron chi connectivity index (χ0n) is 17.3. The van der Waals surface area contributed by atoms with Gasteiger partial charge in [-0.25, -0.2) is 0 Å². The lowest BCUT2D eigenvalue weighted by Crippen LogP contribution is -2.42. The van der Waals surface area contributed by atoms with Gasteiger partial charge in [-0.15, -0.1) is 23.1 Å². The summed E-state index contributed by atoms with van der Waals surface area (Å²) < 4.78 is 0.